The molecule has 1 aromatic rings. The summed E-state index contributed by atoms with van der Waals surface area (Å²) in [6.45, 7) is 6.25. The van der Waals surface area contributed by atoms with Gasteiger partial charge in [-0.1, -0.05) is 17.4 Å². The van der Waals surface area contributed by atoms with Crippen LogP contribution in [-0.4, -0.2) is 20.1 Å². The summed E-state index contributed by atoms with van der Waals surface area (Å²) in [6.07, 6.45) is 1.70. The maximum Gasteiger partial charge on any atom is 0.108 e. The van der Waals surface area contributed by atoms with Crippen molar-refractivity contribution in [2.75, 3.05) is 0 Å². The van der Waals surface area contributed by atoms with E-state index in [1.54, 1.807) is 10.9 Å². The molecule has 11 heavy (non-hydrogen) atoms. The zero-order valence-corrected chi connectivity index (χ0v) is 6.49. The fraction of sp³-hybridized carbons (Fsp3) is 0.429. The molecule has 4 nitrogen and oxygen atoms in total. The van der Waals surface area contributed by atoms with Crippen LogP contribution in [0.5, 0.6) is 0 Å². The molecule has 4 heteroatoms. The van der Waals surface area contributed by atoms with Gasteiger partial charge in [0, 0.05) is 0 Å². The first kappa shape index (κ1) is 7.94. The van der Waals surface area contributed by atoms with E-state index in [-0.39, 0.29) is 6.61 Å². The molecule has 0 aliphatic carbocycles. The smallest absolute Gasteiger partial charge is 0.108 e. The Kier molecular flexibility index (Phi) is 2.38. The molecular weight excluding hydrogens is 142 g/mol. The van der Waals surface area contributed by atoms with E-state index in [0.717, 1.165) is 5.57 Å². The molecular formula is C7H11N3O. The Bertz CT molecular complexity index is 254. The molecule has 1 aromatic heterocycles. The number of allylic oxidation sites excluding steroid dienone is 1. The van der Waals surface area contributed by atoms with Crippen LogP contribution in [0.4, 0.5) is 0 Å². The second-order valence-corrected chi connectivity index (χ2v) is 2.52. The van der Waals surface area contributed by atoms with Crippen molar-refractivity contribution >= 4 is 0 Å². The van der Waals surface area contributed by atoms with Crippen LogP contribution in [0.1, 0.15) is 12.6 Å². The van der Waals surface area contributed by atoms with Crippen molar-refractivity contribution in [3.63, 3.8) is 0 Å². The Labute approximate surface area is 65.2 Å². The fourth-order valence-corrected chi connectivity index (χ4v) is 0.765. The minimum atomic E-state index is -0.0593. The van der Waals surface area contributed by atoms with Crippen LogP contribution in [0.2, 0.25) is 0 Å². The van der Waals surface area contributed by atoms with Crippen molar-refractivity contribution in [3.8, 4) is 0 Å². The zero-order valence-electron chi connectivity index (χ0n) is 6.49. The number of aliphatic hydroxyl groups is 1. The van der Waals surface area contributed by atoms with Crippen molar-refractivity contribution in [1.29, 1.82) is 0 Å². The van der Waals surface area contributed by atoms with Gasteiger partial charge in [-0.05, 0) is 6.92 Å². The van der Waals surface area contributed by atoms with Crippen molar-refractivity contribution in [2.24, 2.45) is 0 Å². The lowest BCUT2D eigenvalue weighted by atomic mass is 10.3. The van der Waals surface area contributed by atoms with Crippen molar-refractivity contribution in [3.05, 3.63) is 24.0 Å². The third-order valence-corrected chi connectivity index (χ3v) is 1.18. The Morgan fingerprint density at radius 2 is 2.55 bits per heavy atom. The second-order valence-electron chi connectivity index (χ2n) is 2.52. The van der Waals surface area contributed by atoms with Crippen LogP contribution in [0.15, 0.2) is 18.3 Å². The highest BCUT2D eigenvalue weighted by molar-refractivity contribution is 4.93. The first-order valence-electron chi connectivity index (χ1n) is 3.36. The summed E-state index contributed by atoms with van der Waals surface area (Å²) in [4.78, 5) is 0. The van der Waals surface area contributed by atoms with Gasteiger partial charge >= 0.3 is 0 Å². The lowest BCUT2D eigenvalue weighted by Crippen LogP contribution is -1.98. The number of rotatable bonds is 3. The van der Waals surface area contributed by atoms with Gasteiger partial charge in [-0.15, -0.1) is 5.10 Å². The highest BCUT2D eigenvalue weighted by atomic mass is 16.3. The topological polar surface area (TPSA) is 50.9 Å². The molecule has 0 aliphatic rings. The predicted octanol–water partition coefficient (Wildman–Crippen LogP) is 0.346. The average Bonchev–Trinajstić information content (AvgIpc) is 2.34. The molecule has 1 rings (SSSR count). The summed E-state index contributed by atoms with van der Waals surface area (Å²) in [5.41, 5.74) is 1.60. The van der Waals surface area contributed by atoms with Crippen LogP contribution in [0.3, 0.4) is 0 Å². The molecule has 0 fully saturated rings. The van der Waals surface area contributed by atoms with Crippen LogP contribution in [0.25, 0.3) is 0 Å². The Balaban J connectivity index is 2.65. The van der Waals surface area contributed by atoms with Crippen LogP contribution in [0, 0.1) is 0 Å². The highest BCUT2D eigenvalue weighted by Crippen LogP contribution is 1.96. The normalized spacial score (nSPS) is 10.0. The largest absolute Gasteiger partial charge is 0.390 e. The van der Waals surface area contributed by atoms with E-state index in [9.17, 15) is 0 Å². The van der Waals surface area contributed by atoms with Gasteiger partial charge < -0.3 is 5.11 Å². The van der Waals surface area contributed by atoms with Gasteiger partial charge in [-0.25, -0.2) is 4.68 Å². The molecule has 0 unspecified atom stereocenters. The lowest BCUT2D eigenvalue weighted by Gasteiger charge is -1.95. The van der Waals surface area contributed by atoms with Crippen LogP contribution in [-0.2, 0) is 13.2 Å². The summed E-state index contributed by atoms with van der Waals surface area (Å²) in [6, 6.07) is 0. The summed E-state index contributed by atoms with van der Waals surface area (Å²) in [7, 11) is 0. The first-order valence-corrected chi connectivity index (χ1v) is 3.36. The van der Waals surface area contributed by atoms with Crippen molar-refractivity contribution in [1.82, 2.24) is 15.0 Å². The highest BCUT2D eigenvalue weighted by Gasteiger charge is 1.97. The van der Waals surface area contributed by atoms with E-state index in [4.69, 9.17) is 5.11 Å². The summed E-state index contributed by atoms with van der Waals surface area (Å²) in [5.74, 6) is 0. The lowest BCUT2D eigenvalue weighted by molar-refractivity contribution is 0.276. The SMILES string of the molecule is C=C(C)Cn1cc(CO)nn1. The van der Waals surface area contributed by atoms with E-state index in [1.807, 2.05) is 6.92 Å². The van der Waals surface area contributed by atoms with Gasteiger partial charge in [-0.3, -0.25) is 0 Å². The molecule has 0 saturated heterocycles. The number of hydrogen-bond donors (Lipinski definition) is 1. The van der Waals surface area contributed by atoms with Crippen LogP contribution < -0.4 is 0 Å². The fourth-order valence-electron chi connectivity index (χ4n) is 0.765. The van der Waals surface area contributed by atoms with E-state index >= 15 is 0 Å². The molecule has 0 saturated carbocycles. The van der Waals surface area contributed by atoms with Gasteiger partial charge in [0.15, 0.2) is 0 Å². The van der Waals surface area contributed by atoms with Gasteiger partial charge in [0.25, 0.3) is 0 Å². The van der Waals surface area contributed by atoms with Crippen LogP contribution >= 0.6 is 0 Å². The summed E-state index contributed by atoms with van der Waals surface area (Å²) < 4.78 is 1.65. The molecule has 1 N–H and O–H groups in total. The van der Waals surface area contributed by atoms with E-state index in [1.165, 1.54) is 0 Å². The van der Waals surface area contributed by atoms with Gasteiger partial charge in [0.1, 0.15) is 5.69 Å². The molecule has 60 valence electrons. The van der Waals surface area contributed by atoms with Crippen molar-refractivity contribution in [2.45, 2.75) is 20.1 Å². The maximum absolute atomic E-state index is 8.65. The summed E-state index contributed by atoms with van der Waals surface area (Å²) in [5, 5.41) is 16.1. The minimum Gasteiger partial charge on any atom is -0.390 e. The maximum atomic E-state index is 8.65. The second kappa shape index (κ2) is 3.30. The van der Waals surface area contributed by atoms with Gasteiger partial charge in [-0.2, -0.15) is 0 Å². The number of aliphatic hydroxyl groups excluding tert-OH is 1. The Morgan fingerprint density at radius 1 is 1.82 bits per heavy atom. The number of aromatic nitrogens is 3. The third-order valence-electron chi connectivity index (χ3n) is 1.18. The van der Waals surface area contributed by atoms with Crippen molar-refractivity contribution < 1.29 is 5.11 Å². The molecule has 0 atom stereocenters. The third kappa shape index (κ3) is 2.16. The van der Waals surface area contributed by atoms with Gasteiger partial charge in [0.05, 0.1) is 19.3 Å². The van der Waals surface area contributed by atoms with E-state index in [2.05, 4.69) is 16.9 Å². The quantitative estimate of drug-likeness (QED) is 0.637. The van der Waals surface area contributed by atoms with Gasteiger partial charge in [0.2, 0.25) is 0 Å². The average molecular weight is 153 g/mol. The summed E-state index contributed by atoms with van der Waals surface area (Å²) >= 11 is 0. The first-order chi connectivity index (χ1) is 5.22. The minimum absolute atomic E-state index is 0.0593. The molecule has 0 spiro atoms. The number of nitrogens with zero attached hydrogens (tertiary/aromatic N) is 3. The standard InChI is InChI=1S/C7H11N3O/c1-6(2)3-10-4-7(5-11)8-9-10/h4,11H,1,3,5H2,2H3. The molecule has 0 amide bonds. The Morgan fingerprint density at radius 3 is 3.00 bits per heavy atom. The molecule has 0 aliphatic heterocycles. The zero-order chi connectivity index (χ0) is 8.27. The Hall–Kier alpha value is -1.16. The number of hydrogen-bond acceptors (Lipinski definition) is 3. The monoisotopic (exact) mass is 153 g/mol. The molecule has 0 bridgehead atoms. The van der Waals surface area contributed by atoms with E-state index < -0.39 is 0 Å². The molecule has 0 radical (unpaired) electrons. The predicted molar refractivity (Wildman–Crippen MR) is 40.8 cm³/mol. The molecule has 1 heterocycles. The van der Waals surface area contributed by atoms with E-state index in [0.29, 0.717) is 12.2 Å². The molecule has 0 aromatic carbocycles.